The molecule has 0 saturated heterocycles. The SMILES string of the molecule is Clc1c2c(nc3cc4c(cc13)OCCO4)CCCCC2. The molecule has 0 fully saturated rings. The van der Waals surface area contributed by atoms with Crippen molar-refractivity contribution in [3.63, 3.8) is 0 Å². The molecular formula is C16H16ClNO2. The number of benzene rings is 1. The van der Waals surface area contributed by atoms with E-state index >= 15 is 0 Å². The van der Waals surface area contributed by atoms with Crippen LogP contribution in [0.4, 0.5) is 0 Å². The molecule has 0 unspecified atom stereocenters. The summed E-state index contributed by atoms with van der Waals surface area (Å²) in [6.45, 7) is 1.19. The van der Waals surface area contributed by atoms with Gasteiger partial charge in [0.1, 0.15) is 13.2 Å². The summed E-state index contributed by atoms with van der Waals surface area (Å²) < 4.78 is 11.3. The van der Waals surface area contributed by atoms with E-state index in [9.17, 15) is 0 Å². The fraction of sp³-hybridized carbons (Fsp3) is 0.438. The van der Waals surface area contributed by atoms with E-state index in [1.54, 1.807) is 0 Å². The molecule has 1 aromatic heterocycles. The molecule has 3 nitrogen and oxygen atoms in total. The van der Waals surface area contributed by atoms with Gasteiger partial charge < -0.3 is 9.47 Å². The van der Waals surface area contributed by atoms with Crippen LogP contribution in [0.5, 0.6) is 11.5 Å². The minimum absolute atomic E-state index is 0.592. The van der Waals surface area contributed by atoms with E-state index in [4.69, 9.17) is 26.1 Å². The molecule has 2 aliphatic rings. The lowest BCUT2D eigenvalue weighted by Crippen LogP contribution is -2.15. The number of fused-ring (bicyclic) bond motifs is 3. The molecule has 0 atom stereocenters. The molecule has 0 N–H and O–H groups in total. The summed E-state index contributed by atoms with van der Waals surface area (Å²) >= 11 is 6.64. The second kappa shape index (κ2) is 4.81. The van der Waals surface area contributed by atoms with Crippen LogP contribution in [0.15, 0.2) is 12.1 Å². The molecule has 104 valence electrons. The van der Waals surface area contributed by atoms with Crippen molar-refractivity contribution < 1.29 is 9.47 Å². The lowest BCUT2D eigenvalue weighted by Gasteiger charge is -2.20. The predicted octanol–water partition coefficient (Wildman–Crippen LogP) is 3.93. The number of pyridine rings is 1. The normalized spacial score (nSPS) is 17.6. The Morgan fingerprint density at radius 2 is 1.70 bits per heavy atom. The molecule has 0 bridgehead atoms. The lowest BCUT2D eigenvalue weighted by atomic mass is 10.0. The van der Waals surface area contributed by atoms with Gasteiger partial charge >= 0.3 is 0 Å². The summed E-state index contributed by atoms with van der Waals surface area (Å²) in [4.78, 5) is 4.82. The van der Waals surface area contributed by atoms with E-state index in [0.29, 0.717) is 13.2 Å². The Kier molecular flexibility index (Phi) is 2.95. The molecule has 0 radical (unpaired) electrons. The third kappa shape index (κ3) is 1.92. The molecular weight excluding hydrogens is 274 g/mol. The van der Waals surface area contributed by atoms with Crippen molar-refractivity contribution in [2.75, 3.05) is 13.2 Å². The topological polar surface area (TPSA) is 31.4 Å². The van der Waals surface area contributed by atoms with Crippen molar-refractivity contribution >= 4 is 22.5 Å². The highest BCUT2D eigenvalue weighted by Crippen LogP contribution is 2.39. The van der Waals surface area contributed by atoms with Crippen LogP contribution in [-0.2, 0) is 12.8 Å². The van der Waals surface area contributed by atoms with Gasteiger partial charge in [-0.3, -0.25) is 4.98 Å². The third-order valence-electron chi connectivity index (χ3n) is 4.11. The van der Waals surface area contributed by atoms with E-state index < -0.39 is 0 Å². The van der Waals surface area contributed by atoms with Crippen LogP contribution in [0.2, 0.25) is 5.02 Å². The van der Waals surface area contributed by atoms with Gasteiger partial charge in [0.15, 0.2) is 11.5 Å². The first-order valence-electron chi connectivity index (χ1n) is 7.23. The maximum absolute atomic E-state index is 6.64. The maximum atomic E-state index is 6.64. The smallest absolute Gasteiger partial charge is 0.163 e. The highest BCUT2D eigenvalue weighted by molar-refractivity contribution is 6.36. The number of halogens is 1. The summed E-state index contributed by atoms with van der Waals surface area (Å²) in [5.74, 6) is 1.56. The predicted molar refractivity (Wildman–Crippen MR) is 79.0 cm³/mol. The van der Waals surface area contributed by atoms with Crippen molar-refractivity contribution in [2.24, 2.45) is 0 Å². The van der Waals surface area contributed by atoms with Gasteiger partial charge in [0.25, 0.3) is 0 Å². The van der Waals surface area contributed by atoms with Crippen molar-refractivity contribution in [2.45, 2.75) is 32.1 Å². The minimum atomic E-state index is 0.592. The summed E-state index contributed by atoms with van der Waals surface area (Å²) in [5, 5.41) is 1.83. The largest absolute Gasteiger partial charge is 0.486 e. The van der Waals surface area contributed by atoms with Gasteiger partial charge in [0.05, 0.1) is 10.5 Å². The molecule has 0 spiro atoms. The highest BCUT2D eigenvalue weighted by Gasteiger charge is 2.19. The number of aryl methyl sites for hydroxylation is 1. The Hall–Kier alpha value is -1.48. The monoisotopic (exact) mass is 289 g/mol. The Morgan fingerprint density at radius 1 is 0.950 bits per heavy atom. The van der Waals surface area contributed by atoms with Gasteiger partial charge in [-0.1, -0.05) is 18.0 Å². The van der Waals surface area contributed by atoms with Crippen LogP contribution >= 0.6 is 11.6 Å². The molecule has 2 aromatic rings. The van der Waals surface area contributed by atoms with Gasteiger partial charge in [-0.15, -0.1) is 0 Å². The Morgan fingerprint density at radius 3 is 2.55 bits per heavy atom. The summed E-state index contributed by atoms with van der Waals surface area (Å²) in [6, 6.07) is 3.94. The third-order valence-corrected chi connectivity index (χ3v) is 4.54. The van der Waals surface area contributed by atoms with Crippen LogP contribution in [0.3, 0.4) is 0 Å². The van der Waals surface area contributed by atoms with Crippen LogP contribution < -0.4 is 9.47 Å². The van der Waals surface area contributed by atoms with Crippen LogP contribution in [0.25, 0.3) is 10.9 Å². The number of ether oxygens (including phenoxy) is 2. The molecule has 0 saturated carbocycles. The maximum Gasteiger partial charge on any atom is 0.163 e. The first-order valence-corrected chi connectivity index (χ1v) is 7.61. The quantitative estimate of drug-likeness (QED) is 0.689. The molecule has 0 amide bonds. The number of hydrogen-bond donors (Lipinski definition) is 0. The average Bonchev–Trinajstić information content (AvgIpc) is 2.71. The van der Waals surface area contributed by atoms with E-state index in [2.05, 4.69) is 0 Å². The van der Waals surface area contributed by atoms with Gasteiger partial charge in [0, 0.05) is 17.1 Å². The van der Waals surface area contributed by atoms with Crippen LogP contribution in [0, 0.1) is 0 Å². The van der Waals surface area contributed by atoms with Gasteiger partial charge in [0.2, 0.25) is 0 Å². The van der Waals surface area contributed by atoms with E-state index in [-0.39, 0.29) is 0 Å². The fourth-order valence-corrected chi connectivity index (χ4v) is 3.44. The minimum Gasteiger partial charge on any atom is -0.486 e. The fourth-order valence-electron chi connectivity index (χ4n) is 3.08. The summed E-state index contributed by atoms with van der Waals surface area (Å²) in [6.07, 6.45) is 5.72. The molecule has 2 heterocycles. The van der Waals surface area contributed by atoms with Crippen molar-refractivity contribution in [1.82, 2.24) is 4.98 Å². The van der Waals surface area contributed by atoms with Crippen LogP contribution in [0.1, 0.15) is 30.5 Å². The van der Waals surface area contributed by atoms with Gasteiger partial charge in [-0.25, -0.2) is 0 Å². The molecule has 4 rings (SSSR count). The van der Waals surface area contributed by atoms with Crippen molar-refractivity contribution in [1.29, 1.82) is 0 Å². The zero-order chi connectivity index (χ0) is 13.5. The van der Waals surface area contributed by atoms with E-state index in [1.165, 1.54) is 24.8 Å². The molecule has 1 aliphatic heterocycles. The standard InChI is InChI=1S/C16H16ClNO2/c17-16-10-4-2-1-3-5-12(10)18-13-9-15-14(8-11(13)16)19-6-7-20-15/h8-9H,1-7H2. The van der Waals surface area contributed by atoms with E-state index in [0.717, 1.165) is 46.0 Å². The second-order valence-corrected chi connectivity index (χ2v) is 5.80. The van der Waals surface area contributed by atoms with Gasteiger partial charge in [-0.2, -0.15) is 0 Å². The Balaban J connectivity index is 1.96. The zero-order valence-corrected chi connectivity index (χ0v) is 12.0. The van der Waals surface area contributed by atoms with Crippen molar-refractivity contribution in [3.8, 4) is 11.5 Å². The molecule has 1 aliphatic carbocycles. The highest BCUT2D eigenvalue weighted by atomic mass is 35.5. The number of rotatable bonds is 0. The Labute approximate surface area is 122 Å². The van der Waals surface area contributed by atoms with Crippen LogP contribution in [-0.4, -0.2) is 18.2 Å². The second-order valence-electron chi connectivity index (χ2n) is 5.42. The summed E-state index contributed by atoms with van der Waals surface area (Å²) in [5.41, 5.74) is 3.31. The van der Waals surface area contributed by atoms with Crippen molar-refractivity contribution in [3.05, 3.63) is 28.4 Å². The number of hydrogen-bond acceptors (Lipinski definition) is 3. The molecule has 4 heteroatoms. The number of aromatic nitrogens is 1. The molecule has 20 heavy (non-hydrogen) atoms. The van der Waals surface area contributed by atoms with Gasteiger partial charge in [-0.05, 0) is 37.3 Å². The van der Waals surface area contributed by atoms with E-state index in [1.807, 2.05) is 12.1 Å². The summed E-state index contributed by atoms with van der Waals surface area (Å²) in [7, 11) is 0. The molecule has 1 aromatic carbocycles. The zero-order valence-electron chi connectivity index (χ0n) is 11.2. The lowest BCUT2D eigenvalue weighted by molar-refractivity contribution is 0.172. The first-order chi connectivity index (χ1) is 9.83. The first kappa shape index (κ1) is 12.3. The average molecular weight is 290 g/mol. The Bertz CT molecular complexity index is 684. The number of nitrogens with zero attached hydrogens (tertiary/aromatic N) is 1.